The molecule has 1 amide bonds. The van der Waals surface area contributed by atoms with Gasteiger partial charge in [-0.05, 0) is 36.4 Å². The van der Waals surface area contributed by atoms with E-state index < -0.39 is 9.84 Å². The van der Waals surface area contributed by atoms with Gasteiger partial charge in [0.1, 0.15) is 11.3 Å². The summed E-state index contributed by atoms with van der Waals surface area (Å²) in [6.45, 7) is 2.44. The van der Waals surface area contributed by atoms with Crippen molar-refractivity contribution in [2.75, 3.05) is 43.1 Å². The molecule has 1 saturated heterocycles. The van der Waals surface area contributed by atoms with Crippen LogP contribution in [-0.2, 0) is 14.6 Å². The lowest BCUT2D eigenvalue weighted by Crippen LogP contribution is -2.49. The van der Waals surface area contributed by atoms with Crippen molar-refractivity contribution in [1.82, 2.24) is 9.88 Å². The summed E-state index contributed by atoms with van der Waals surface area (Å²) >= 11 is 2.86. The Hall–Kier alpha value is -2.17. The Morgan fingerprint density at radius 1 is 1.13 bits per heavy atom. The van der Waals surface area contributed by atoms with Crippen LogP contribution in [0.5, 0.6) is 0 Å². The van der Waals surface area contributed by atoms with Gasteiger partial charge in [0.25, 0.3) is 0 Å². The molecule has 0 spiro atoms. The molecule has 2 aromatic carbocycles. The zero-order chi connectivity index (χ0) is 21.3. The van der Waals surface area contributed by atoms with Crippen molar-refractivity contribution in [3.8, 4) is 0 Å². The molecular weight excluding hydrogens is 445 g/mol. The molecule has 0 unspecified atom stereocenters. The highest BCUT2D eigenvalue weighted by Gasteiger charge is 2.24. The molecule has 30 heavy (non-hydrogen) atoms. The zero-order valence-electron chi connectivity index (χ0n) is 16.2. The molecule has 3 aromatic rings. The average molecular weight is 466 g/mol. The SMILES string of the molecule is CS(=O)(=O)c1cccc2sc(N3CCN(C(=O)CSc4ccc(F)cc4)CC3)nc12. The van der Waals surface area contributed by atoms with Crippen molar-refractivity contribution in [2.24, 2.45) is 0 Å². The second kappa shape index (κ2) is 8.52. The number of piperazine rings is 1. The first-order valence-corrected chi connectivity index (χ1v) is 13.0. The quantitative estimate of drug-likeness (QED) is 0.539. The molecule has 2 heterocycles. The van der Waals surface area contributed by atoms with Crippen LogP contribution in [0.3, 0.4) is 0 Å². The van der Waals surface area contributed by atoms with Gasteiger partial charge in [-0.1, -0.05) is 17.4 Å². The number of carbonyl (C=O) groups excluding carboxylic acids is 1. The number of nitrogens with zero attached hydrogens (tertiary/aromatic N) is 3. The molecule has 10 heteroatoms. The number of amides is 1. The number of fused-ring (bicyclic) bond motifs is 1. The minimum Gasteiger partial charge on any atom is -0.345 e. The largest absolute Gasteiger partial charge is 0.345 e. The first kappa shape index (κ1) is 21.1. The molecule has 0 saturated carbocycles. The van der Waals surface area contributed by atoms with Crippen molar-refractivity contribution < 1.29 is 17.6 Å². The number of carbonyl (C=O) groups is 1. The van der Waals surface area contributed by atoms with Gasteiger partial charge in [0.15, 0.2) is 15.0 Å². The van der Waals surface area contributed by atoms with E-state index in [4.69, 9.17) is 0 Å². The molecule has 0 atom stereocenters. The van der Waals surface area contributed by atoms with Gasteiger partial charge in [-0.3, -0.25) is 4.79 Å². The van der Waals surface area contributed by atoms with Crippen LogP contribution >= 0.6 is 23.1 Å². The molecule has 0 aliphatic carbocycles. The first-order chi connectivity index (χ1) is 14.3. The minimum atomic E-state index is -3.35. The second-order valence-corrected chi connectivity index (χ2v) is 11.0. The summed E-state index contributed by atoms with van der Waals surface area (Å²) in [5, 5.41) is 0.772. The van der Waals surface area contributed by atoms with Crippen molar-refractivity contribution >= 4 is 54.2 Å². The smallest absolute Gasteiger partial charge is 0.233 e. The van der Waals surface area contributed by atoms with Gasteiger partial charge in [-0.15, -0.1) is 11.8 Å². The van der Waals surface area contributed by atoms with Gasteiger partial charge in [0.05, 0.1) is 15.3 Å². The summed E-state index contributed by atoms with van der Waals surface area (Å²) in [5.41, 5.74) is 0.509. The third kappa shape index (κ3) is 4.60. The fraction of sp³-hybridized carbons (Fsp3) is 0.300. The highest BCUT2D eigenvalue weighted by Crippen LogP contribution is 2.33. The maximum atomic E-state index is 13.0. The lowest BCUT2D eigenvalue weighted by molar-refractivity contribution is -0.128. The maximum Gasteiger partial charge on any atom is 0.233 e. The summed E-state index contributed by atoms with van der Waals surface area (Å²) in [4.78, 5) is 22.1. The van der Waals surface area contributed by atoms with Gasteiger partial charge in [0, 0.05) is 37.3 Å². The monoisotopic (exact) mass is 465 g/mol. The molecule has 0 bridgehead atoms. The number of benzene rings is 2. The lowest BCUT2D eigenvalue weighted by atomic mass is 10.3. The standard InChI is InChI=1S/C20H20FN3O3S3/c1-30(26,27)17-4-2-3-16-19(17)22-20(29-16)24-11-9-23(10-12-24)18(25)13-28-15-7-5-14(21)6-8-15/h2-8H,9-13H2,1H3. The Balaban J connectivity index is 1.38. The number of para-hydroxylation sites is 1. The van der Waals surface area contributed by atoms with E-state index in [1.54, 1.807) is 24.3 Å². The second-order valence-electron chi connectivity index (χ2n) is 6.98. The van der Waals surface area contributed by atoms with Crippen LogP contribution in [0.4, 0.5) is 9.52 Å². The van der Waals surface area contributed by atoms with Gasteiger partial charge in [-0.25, -0.2) is 17.8 Å². The fourth-order valence-electron chi connectivity index (χ4n) is 3.26. The Labute approximate surface area is 182 Å². The van der Waals surface area contributed by atoms with E-state index in [0.29, 0.717) is 37.4 Å². The number of hydrogen-bond donors (Lipinski definition) is 0. The molecule has 1 aliphatic heterocycles. The Morgan fingerprint density at radius 2 is 1.83 bits per heavy atom. The Bertz CT molecular complexity index is 1170. The minimum absolute atomic E-state index is 0.0487. The van der Waals surface area contributed by atoms with E-state index in [-0.39, 0.29) is 16.6 Å². The number of sulfone groups is 1. The van der Waals surface area contributed by atoms with Crippen molar-refractivity contribution in [2.45, 2.75) is 9.79 Å². The van der Waals surface area contributed by atoms with Crippen LogP contribution in [0.2, 0.25) is 0 Å². The molecular formula is C20H20FN3O3S3. The van der Waals surface area contributed by atoms with Crippen LogP contribution in [0.15, 0.2) is 52.3 Å². The Kier molecular flexibility index (Phi) is 5.99. The number of halogens is 1. The van der Waals surface area contributed by atoms with Gasteiger partial charge < -0.3 is 9.80 Å². The number of thiazole rings is 1. The van der Waals surface area contributed by atoms with Crippen molar-refractivity contribution in [3.05, 3.63) is 48.3 Å². The summed E-state index contributed by atoms with van der Waals surface area (Å²) in [6.07, 6.45) is 1.19. The highest BCUT2D eigenvalue weighted by atomic mass is 32.2. The molecule has 1 aliphatic rings. The fourth-order valence-corrected chi connectivity index (χ4v) is 6.00. The molecule has 0 N–H and O–H groups in total. The van der Waals surface area contributed by atoms with Gasteiger partial charge in [0.2, 0.25) is 5.91 Å². The number of thioether (sulfide) groups is 1. The number of aromatic nitrogens is 1. The average Bonchev–Trinajstić information content (AvgIpc) is 3.17. The van der Waals surface area contributed by atoms with Crippen molar-refractivity contribution in [1.29, 1.82) is 0 Å². The molecule has 0 radical (unpaired) electrons. The highest BCUT2D eigenvalue weighted by molar-refractivity contribution is 8.00. The van der Waals surface area contributed by atoms with E-state index in [1.165, 1.54) is 41.5 Å². The molecule has 4 rings (SSSR count). The van der Waals surface area contributed by atoms with E-state index in [0.717, 1.165) is 14.7 Å². The summed E-state index contributed by atoms with van der Waals surface area (Å²) in [5.74, 6) is 0.0674. The van der Waals surface area contributed by atoms with Crippen LogP contribution in [0.25, 0.3) is 10.2 Å². The normalized spacial score (nSPS) is 15.0. The summed E-state index contributed by atoms with van der Waals surface area (Å²) < 4.78 is 37.8. The van der Waals surface area contributed by atoms with E-state index in [9.17, 15) is 17.6 Å². The molecule has 1 fully saturated rings. The van der Waals surface area contributed by atoms with Crippen molar-refractivity contribution in [3.63, 3.8) is 0 Å². The third-order valence-corrected chi connectivity index (χ3v) is 8.06. The van der Waals surface area contributed by atoms with Gasteiger partial charge in [-0.2, -0.15) is 0 Å². The van der Waals surface area contributed by atoms with Gasteiger partial charge >= 0.3 is 0 Å². The lowest BCUT2D eigenvalue weighted by Gasteiger charge is -2.34. The Morgan fingerprint density at radius 3 is 2.50 bits per heavy atom. The zero-order valence-corrected chi connectivity index (χ0v) is 18.7. The third-order valence-electron chi connectivity index (χ3n) is 4.85. The van der Waals surface area contributed by atoms with E-state index >= 15 is 0 Å². The number of anilines is 1. The first-order valence-electron chi connectivity index (χ1n) is 9.32. The van der Waals surface area contributed by atoms with E-state index in [1.807, 2.05) is 11.0 Å². The van der Waals surface area contributed by atoms with Crippen LogP contribution in [-0.4, -0.2) is 62.4 Å². The molecule has 6 nitrogen and oxygen atoms in total. The maximum absolute atomic E-state index is 13.0. The van der Waals surface area contributed by atoms with Crippen LogP contribution in [0, 0.1) is 5.82 Å². The predicted octanol–water partition coefficient (Wildman–Crippen LogP) is 3.28. The summed E-state index contributed by atoms with van der Waals surface area (Å²) in [6, 6.07) is 11.3. The summed E-state index contributed by atoms with van der Waals surface area (Å²) in [7, 11) is -3.35. The molecule has 1 aromatic heterocycles. The van der Waals surface area contributed by atoms with E-state index in [2.05, 4.69) is 9.88 Å². The number of hydrogen-bond acceptors (Lipinski definition) is 7. The molecule has 158 valence electrons. The van der Waals surface area contributed by atoms with Crippen LogP contribution < -0.4 is 4.90 Å². The topological polar surface area (TPSA) is 70.6 Å². The van der Waals surface area contributed by atoms with Crippen LogP contribution in [0.1, 0.15) is 0 Å². The predicted molar refractivity (Wildman–Crippen MR) is 119 cm³/mol. The number of rotatable bonds is 5.